The molecular weight excluding hydrogens is 292 g/mol. The van der Waals surface area contributed by atoms with Crippen molar-refractivity contribution >= 4 is 17.5 Å². The quantitative estimate of drug-likeness (QED) is 0.869. The highest BCUT2D eigenvalue weighted by Crippen LogP contribution is 2.25. The van der Waals surface area contributed by atoms with E-state index in [1.807, 2.05) is 0 Å². The normalized spacial score (nSPS) is 17.3. The second kappa shape index (κ2) is 7.11. The van der Waals surface area contributed by atoms with Gasteiger partial charge in [-0.25, -0.2) is 0 Å². The lowest BCUT2D eigenvalue weighted by atomic mass is 9.91. The molecule has 5 nitrogen and oxygen atoms in total. The van der Waals surface area contributed by atoms with Gasteiger partial charge in [0.25, 0.3) is 5.91 Å². The van der Waals surface area contributed by atoms with Crippen LogP contribution in [-0.2, 0) is 16.1 Å². The van der Waals surface area contributed by atoms with Crippen LogP contribution in [0, 0.1) is 0 Å². The fourth-order valence-corrected chi connectivity index (χ4v) is 2.77. The minimum absolute atomic E-state index is 0.0893. The number of methoxy groups -OCH3 is 2. The Balaban J connectivity index is 2.05. The molecule has 1 saturated heterocycles. The van der Waals surface area contributed by atoms with E-state index in [9.17, 15) is 4.79 Å². The first-order valence-electron chi connectivity index (χ1n) is 6.98. The predicted molar refractivity (Wildman–Crippen MR) is 81.7 cm³/mol. The standard InChI is InChI=1S/C15H21ClN2O3/c1-20-13-4-3-12(16)9-11(13)10-18-14(19)15(21-2)5-7-17-8-6-15/h3-4,9,17H,5-8,10H2,1-2H3,(H,18,19). The lowest BCUT2D eigenvalue weighted by Gasteiger charge is -2.34. The van der Waals surface area contributed by atoms with Gasteiger partial charge in [-0.1, -0.05) is 11.6 Å². The topological polar surface area (TPSA) is 59.6 Å². The van der Waals surface area contributed by atoms with Crippen LogP contribution in [0.5, 0.6) is 5.75 Å². The molecule has 0 aliphatic carbocycles. The molecule has 1 amide bonds. The van der Waals surface area contributed by atoms with Crippen LogP contribution in [0.4, 0.5) is 0 Å². The number of rotatable bonds is 5. The van der Waals surface area contributed by atoms with E-state index < -0.39 is 5.60 Å². The molecular formula is C15H21ClN2O3. The summed E-state index contributed by atoms with van der Waals surface area (Å²) in [6.07, 6.45) is 1.34. The van der Waals surface area contributed by atoms with Gasteiger partial charge >= 0.3 is 0 Å². The summed E-state index contributed by atoms with van der Waals surface area (Å²) in [7, 11) is 3.18. The van der Waals surface area contributed by atoms with E-state index in [0.29, 0.717) is 30.2 Å². The van der Waals surface area contributed by atoms with Crippen LogP contribution in [0.1, 0.15) is 18.4 Å². The highest BCUT2D eigenvalue weighted by molar-refractivity contribution is 6.30. The molecule has 0 unspecified atom stereocenters. The van der Waals surface area contributed by atoms with Crippen molar-refractivity contribution in [2.75, 3.05) is 27.3 Å². The maximum Gasteiger partial charge on any atom is 0.252 e. The van der Waals surface area contributed by atoms with Crippen LogP contribution in [0.25, 0.3) is 0 Å². The summed E-state index contributed by atoms with van der Waals surface area (Å²) >= 11 is 5.99. The Morgan fingerprint density at radius 1 is 1.38 bits per heavy atom. The molecule has 2 N–H and O–H groups in total. The van der Waals surface area contributed by atoms with E-state index in [0.717, 1.165) is 18.7 Å². The second-order valence-corrected chi connectivity index (χ2v) is 5.52. The Hall–Kier alpha value is -1.30. The van der Waals surface area contributed by atoms with Crippen molar-refractivity contribution in [1.82, 2.24) is 10.6 Å². The lowest BCUT2D eigenvalue weighted by molar-refractivity contribution is -0.146. The van der Waals surface area contributed by atoms with Crippen LogP contribution >= 0.6 is 11.6 Å². The molecule has 1 aromatic carbocycles. The smallest absolute Gasteiger partial charge is 0.252 e. The second-order valence-electron chi connectivity index (χ2n) is 5.09. The third-order valence-corrected chi connectivity index (χ3v) is 4.13. The fraction of sp³-hybridized carbons (Fsp3) is 0.533. The van der Waals surface area contributed by atoms with Crippen molar-refractivity contribution in [2.24, 2.45) is 0 Å². The van der Waals surface area contributed by atoms with Crippen LogP contribution in [0.15, 0.2) is 18.2 Å². The largest absolute Gasteiger partial charge is 0.496 e. The van der Waals surface area contributed by atoms with Crippen molar-refractivity contribution in [3.63, 3.8) is 0 Å². The number of halogens is 1. The molecule has 21 heavy (non-hydrogen) atoms. The molecule has 116 valence electrons. The van der Waals surface area contributed by atoms with Crippen LogP contribution < -0.4 is 15.4 Å². The molecule has 6 heteroatoms. The number of hydrogen-bond acceptors (Lipinski definition) is 4. The summed E-state index contributed by atoms with van der Waals surface area (Å²) in [6, 6.07) is 5.35. The fourth-order valence-electron chi connectivity index (χ4n) is 2.58. The molecule has 2 rings (SSSR count). The van der Waals surface area contributed by atoms with E-state index in [-0.39, 0.29) is 5.91 Å². The Morgan fingerprint density at radius 2 is 2.10 bits per heavy atom. The third-order valence-electron chi connectivity index (χ3n) is 3.90. The monoisotopic (exact) mass is 312 g/mol. The maximum absolute atomic E-state index is 12.5. The summed E-state index contributed by atoms with van der Waals surface area (Å²) in [5.74, 6) is 0.616. The van der Waals surface area contributed by atoms with Crippen molar-refractivity contribution in [1.29, 1.82) is 0 Å². The zero-order chi connectivity index (χ0) is 15.3. The van der Waals surface area contributed by atoms with E-state index in [2.05, 4.69) is 10.6 Å². The van der Waals surface area contributed by atoms with E-state index in [1.165, 1.54) is 0 Å². The van der Waals surface area contributed by atoms with Crippen molar-refractivity contribution < 1.29 is 14.3 Å². The predicted octanol–water partition coefficient (Wildman–Crippen LogP) is 1.73. The maximum atomic E-state index is 12.5. The average Bonchev–Trinajstić information content (AvgIpc) is 2.53. The molecule has 0 atom stereocenters. The zero-order valence-corrected chi connectivity index (χ0v) is 13.1. The van der Waals surface area contributed by atoms with Gasteiger partial charge in [-0.3, -0.25) is 4.79 Å². The molecule has 0 radical (unpaired) electrons. The van der Waals surface area contributed by atoms with Gasteiger partial charge in [0, 0.05) is 24.2 Å². The molecule has 1 aromatic rings. The number of hydrogen-bond donors (Lipinski definition) is 2. The number of carbonyl (C=O) groups is 1. The highest BCUT2D eigenvalue weighted by Gasteiger charge is 2.39. The highest BCUT2D eigenvalue weighted by atomic mass is 35.5. The van der Waals surface area contributed by atoms with Crippen LogP contribution in [-0.4, -0.2) is 38.8 Å². The van der Waals surface area contributed by atoms with Gasteiger partial charge in [0.2, 0.25) is 0 Å². The van der Waals surface area contributed by atoms with Crippen LogP contribution in [0.2, 0.25) is 5.02 Å². The summed E-state index contributed by atoms with van der Waals surface area (Å²) in [4.78, 5) is 12.5. The van der Waals surface area contributed by atoms with Gasteiger partial charge in [-0.05, 0) is 44.1 Å². The number of nitrogens with one attached hydrogen (secondary N) is 2. The minimum atomic E-state index is -0.739. The van der Waals surface area contributed by atoms with Gasteiger partial charge < -0.3 is 20.1 Å². The number of amides is 1. The molecule has 1 aliphatic rings. The Labute approximate surface area is 130 Å². The summed E-state index contributed by atoms with van der Waals surface area (Å²) in [5.41, 5.74) is 0.107. The average molecular weight is 313 g/mol. The number of ether oxygens (including phenoxy) is 2. The molecule has 1 aliphatic heterocycles. The van der Waals surface area contributed by atoms with Gasteiger partial charge in [0.15, 0.2) is 0 Å². The summed E-state index contributed by atoms with van der Waals surface area (Å²) in [5, 5.41) is 6.78. The Bertz CT molecular complexity index is 502. The Kier molecular flexibility index (Phi) is 5.45. The first kappa shape index (κ1) is 16.1. The molecule has 0 spiro atoms. The van der Waals surface area contributed by atoms with Gasteiger partial charge in [0.1, 0.15) is 11.4 Å². The summed E-state index contributed by atoms with van der Waals surface area (Å²) < 4.78 is 10.8. The molecule has 1 fully saturated rings. The van der Waals surface area contributed by atoms with Crippen LogP contribution in [0.3, 0.4) is 0 Å². The summed E-state index contributed by atoms with van der Waals surface area (Å²) in [6.45, 7) is 1.92. The zero-order valence-electron chi connectivity index (χ0n) is 12.4. The first-order chi connectivity index (χ1) is 10.1. The van der Waals surface area contributed by atoms with Crippen molar-refractivity contribution in [2.45, 2.75) is 25.0 Å². The van der Waals surface area contributed by atoms with Gasteiger partial charge in [-0.15, -0.1) is 0 Å². The Morgan fingerprint density at radius 3 is 2.71 bits per heavy atom. The number of carbonyl (C=O) groups excluding carboxylic acids is 1. The molecule has 0 saturated carbocycles. The number of benzene rings is 1. The van der Waals surface area contributed by atoms with Crippen molar-refractivity contribution in [3.05, 3.63) is 28.8 Å². The van der Waals surface area contributed by atoms with E-state index >= 15 is 0 Å². The molecule has 0 aromatic heterocycles. The lowest BCUT2D eigenvalue weighted by Crippen LogP contribution is -2.53. The van der Waals surface area contributed by atoms with Crippen molar-refractivity contribution in [3.8, 4) is 5.75 Å². The SMILES string of the molecule is COc1ccc(Cl)cc1CNC(=O)C1(OC)CCNCC1. The molecule has 1 heterocycles. The third kappa shape index (κ3) is 3.67. The first-order valence-corrected chi connectivity index (χ1v) is 7.36. The minimum Gasteiger partial charge on any atom is -0.496 e. The van der Waals surface area contributed by atoms with Gasteiger partial charge in [-0.2, -0.15) is 0 Å². The van der Waals surface area contributed by atoms with Gasteiger partial charge in [0.05, 0.1) is 7.11 Å². The number of piperidine rings is 1. The van der Waals surface area contributed by atoms with E-state index in [1.54, 1.807) is 32.4 Å². The molecule has 0 bridgehead atoms. The van der Waals surface area contributed by atoms with E-state index in [4.69, 9.17) is 21.1 Å².